The number of nitrogens with zero attached hydrogens (tertiary/aromatic N) is 2. The molecule has 1 aliphatic heterocycles. The molecule has 8 nitrogen and oxygen atoms in total. The van der Waals surface area contributed by atoms with E-state index in [2.05, 4.69) is 4.98 Å². The number of aliphatic hydroxyl groups excluding tert-OH is 1. The van der Waals surface area contributed by atoms with E-state index >= 15 is 0 Å². The van der Waals surface area contributed by atoms with E-state index in [4.69, 9.17) is 25.8 Å². The van der Waals surface area contributed by atoms with Gasteiger partial charge in [-0.25, -0.2) is 9.37 Å². The Labute approximate surface area is 225 Å². The molecule has 1 fully saturated rings. The van der Waals surface area contributed by atoms with Gasteiger partial charge in [0.05, 0.1) is 53.7 Å². The number of Topliss-reactive ketones (excluding diaryl/α,β-unsaturated/α-hetero) is 1. The van der Waals surface area contributed by atoms with E-state index in [-0.39, 0.29) is 27.0 Å². The molecular formula is C27H20ClFN2O6S. The fourth-order valence-electron chi connectivity index (χ4n) is 4.31. The number of carbonyl (C=O) groups excluding carboxylic acids is 2. The predicted molar refractivity (Wildman–Crippen MR) is 142 cm³/mol. The molecule has 1 atom stereocenters. The lowest BCUT2D eigenvalue weighted by atomic mass is 9.95. The maximum atomic E-state index is 13.8. The molecular weight excluding hydrogens is 535 g/mol. The van der Waals surface area contributed by atoms with E-state index in [0.717, 1.165) is 11.3 Å². The quantitative estimate of drug-likeness (QED) is 0.184. The molecule has 1 saturated heterocycles. The lowest BCUT2D eigenvalue weighted by Gasteiger charge is -2.23. The van der Waals surface area contributed by atoms with Gasteiger partial charge in [-0.1, -0.05) is 35.1 Å². The summed E-state index contributed by atoms with van der Waals surface area (Å²) in [5, 5.41) is 11.8. The van der Waals surface area contributed by atoms with E-state index < -0.39 is 29.3 Å². The number of ketones is 1. The van der Waals surface area contributed by atoms with E-state index in [1.807, 2.05) is 0 Å². The average molecular weight is 555 g/mol. The summed E-state index contributed by atoms with van der Waals surface area (Å²) in [7, 11) is 4.33. The van der Waals surface area contributed by atoms with Gasteiger partial charge in [-0.3, -0.25) is 14.5 Å². The van der Waals surface area contributed by atoms with E-state index in [1.165, 1.54) is 56.6 Å². The fourth-order valence-corrected chi connectivity index (χ4v) is 5.57. The Morgan fingerprint density at radius 2 is 1.71 bits per heavy atom. The molecule has 0 spiro atoms. The van der Waals surface area contributed by atoms with Crippen LogP contribution in [0, 0.1) is 5.82 Å². The number of hydrogen-bond acceptors (Lipinski definition) is 8. The molecule has 1 aliphatic rings. The number of ether oxygens (including phenoxy) is 3. The minimum Gasteiger partial charge on any atom is -0.507 e. The third-order valence-corrected chi connectivity index (χ3v) is 7.46. The third kappa shape index (κ3) is 4.21. The highest BCUT2D eigenvalue weighted by Gasteiger charge is 2.48. The third-order valence-electron chi connectivity index (χ3n) is 6.15. The minimum atomic E-state index is -1.06. The van der Waals surface area contributed by atoms with Crippen LogP contribution in [0.2, 0.25) is 5.02 Å². The Bertz CT molecular complexity index is 1620. The van der Waals surface area contributed by atoms with Crippen molar-refractivity contribution in [3.8, 4) is 17.2 Å². The summed E-state index contributed by atoms with van der Waals surface area (Å²) in [6.07, 6.45) is 0. The van der Waals surface area contributed by atoms with Crippen molar-refractivity contribution in [3.63, 3.8) is 0 Å². The number of halogens is 2. The summed E-state index contributed by atoms with van der Waals surface area (Å²) < 4.78 is 30.2. The molecule has 5 rings (SSSR count). The maximum absolute atomic E-state index is 13.8. The monoisotopic (exact) mass is 554 g/mol. The number of amides is 1. The molecule has 1 amide bonds. The van der Waals surface area contributed by atoms with E-state index in [9.17, 15) is 19.1 Å². The van der Waals surface area contributed by atoms with Gasteiger partial charge in [0.2, 0.25) is 0 Å². The molecule has 1 N–H and O–H groups in total. The molecule has 4 aromatic rings. The van der Waals surface area contributed by atoms with Gasteiger partial charge in [-0.15, -0.1) is 0 Å². The number of methoxy groups -OCH3 is 3. The second kappa shape index (κ2) is 9.96. The Hall–Kier alpha value is -4.15. The van der Waals surface area contributed by atoms with Crippen molar-refractivity contribution in [2.24, 2.45) is 0 Å². The van der Waals surface area contributed by atoms with Crippen LogP contribution < -0.4 is 19.1 Å². The highest BCUT2D eigenvalue weighted by molar-refractivity contribution is 7.22. The van der Waals surface area contributed by atoms with Gasteiger partial charge < -0.3 is 19.3 Å². The average Bonchev–Trinajstić information content (AvgIpc) is 3.45. The van der Waals surface area contributed by atoms with Crippen LogP contribution in [-0.4, -0.2) is 43.1 Å². The van der Waals surface area contributed by atoms with Gasteiger partial charge in [0.25, 0.3) is 5.78 Å². The van der Waals surface area contributed by atoms with E-state index in [1.54, 1.807) is 24.3 Å². The number of carbonyl (C=O) groups is 2. The topological polar surface area (TPSA) is 98.2 Å². The van der Waals surface area contributed by atoms with Crippen molar-refractivity contribution in [1.82, 2.24) is 4.98 Å². The summed E-state index contributed by atoms with van der Waals surface area (Å²) >= 11 is 7.37. The molecule has 1 aromatic heterocycles. The minimum absolute atomic E-state index is 0.0983. The Kier molecular flexibility index (Phi) is 6.68. The molecule has 194 valence electrons. The van der Waals surface area contributed by atoms with Crippen molar-refractivity contribution in [2.45, 2.75) is 6.04 Å². The van der Waals surface area contributed by atoms with Crippen molar-refractivity contribution >= 4 is 55.7 Å². The first-order valence-corrected chi connectivity index (χ1v) is 12.4. The number of rotatable bonds is 6. The molecule has 1 unspecified atom stereocenters. The number of thiazole rings is 1. The first-order valence-electron chi connectivity index (χ1n) is 11.2. The highest BCUT2D eigenvalue weighted by Crippen LogP contribution is 2.46. The zero-order chi connectivity index (χ0) is 27.1. The van der Waals surface area contributed by atoms with Crippen LogP contribution in [0.25, 0.3) is 16.0 Å². The molecule has 0 bridgehead atoms. The maximum Gasteiger partial charge on any atom is 0.301 e. The van der Waals surface area contributed by atoms with Crippen molar-refractivity contribution in [1.29, 1.82) is 0 Å². The SMILES string of the molecule is COc1ccc(C2/C(=C(\O)c3cc(Cl)c(OC)cc3OC)C(=O)C(=O)N2c2nc3ccc(F)cc3s2)cc1. The summed E-state index contributed by atoms with van der Waals surface area (Å²) in [5.74, 6) is -1.73. The molecule has 2 heterocycles. The molecule has 0 saturated carbocycles. The zero-order valence-corrected chi connectivity index (χ0v) is 21.9. The van der Waals surface area contributed by atoms with Gasteiger partial charge in [-0.2, -0.15) is 0 Å². The van der Waals surface area contributed by atoms with Gasteiger partial charge in [0, 0.05) is 6.07 Å². The number of benzene rings is 3. The fraction of sp³-hybridized carbons (Fsp3) is 0.148. The highest BCUT2D eigenvalue weighted by atomic mass is 35.5. The number of aromatic nitrogens is 1. The second-order valence-corrected chi connectivity index (χ2v) is 9.65. The van der Waals surface area contributed by atoms with Gasteiger partial charge in [0.1, 0.15) is 28.8 Å². The van der Waals surface area contributed by atoms with Gasteiger partial charge in [0.15, 0.2) is 5.13 Å². The van der Waals surface area contributed by atoms with Gasteiger partial charge in [-0.05, 0) is 42.0 Å². The number of fused-ring (bicyclic) bond motifs is 1. The zero-order valence-electron chi connectivity index (χ0n) is 20.3. The van der Waals surface area contributed by atoms with Crippen molar-refractivity contribution in [2.75, 3.05) is 26.2 Å². The lowest BCUT2D eigenvalue weighted by Crippen LogP contribution is -2.29. The molecule has 0 aliphatic carbocycles. The number of anilines is 1. The molecule has 0 radical (unpaired) electrons. The van der Waals surface area contributed by atoms with Crippen molar-refractivity contribution in [3.05, 3.63) is 82.1 Å². The van der Waals surface area contributed by atoms with Crippen LogP contribution in [0.4, 0.5) is 9.52 Å². The molecule has 38 heavy (non-hydrogen) atoms. The first kappa shape index (κ1) is 25.5. The lowest BCUT2D eigenvalue weighted by molar-refractivity contribution is -0.132. The van der Waals surface area contributed by atoms with Crippen LogP contribution in [0.3, 0.4) is 0 Å². The van der Waals surface area contributed by atoms with Gasteiger partial charge >= 0.3 is 5.91 Å². The first-order chi connectivity index (χ1) is 18.3. The van der Waals surface area contributed by atoms with E-state index in [0.29, 0.717) is 27.3 Å². The number of aliphatic hydroxyl groups is 1. The summed E-state index contributed by atoms with van der Waals surface area (Å²) in [6, 6.07) is 12.6. The van der Waals surface area contributed by atoms with Crippen LogP contribution in [0.5, 0.6) is 17.2 Å². The molecule has 3 aromatic carbocycles. The van der Waals surface area contributed by atoms with Crippen LogP contribution in [0.15, 0.2) is 60.2 Å². The second-order valence-electron chi connectivity index (χ2n) is 8.24. The molecule has 11 heteroatoms. The Morgan fingerprint density at radius 1 is 1.00 bits per heavy atom. The summed E-state index contributed by atoms with van der Waals surface area (Å²) in [4.78, 5) is 32.6. The predicted octanol–water partition coefficient (Wildman–Crippen LogP) is 5.74. The largest absolute Gasteiger partial charge is 0.507 e. The van der Waals surface area contributed by atoms with Crippen LogP contribution in [0.1, 0.15) is 17.2 Å². The Balaban J connectivity index is 1.75. The summed E-state index contributed by atoms with van der Waals surface area (Å²) in [6.45, 7) is 0. The Morgan fingerprint density at radius 3 is 2.37 bits per heavy atom. The summed E-state index contributed by atoms with van der Waals surface area (Å²) in [5.41, 5.74) is 0.882. The standard InChI is InChI=1S/C27H20ClFN2O6S/c1-35-15-7-4-13(5-8-15)23-22(24(32)16-11-17(28)20(37-3)12-19(16)36-2)25(33)26(34)31(23)27-30-18-9-6-14(29)10-21(18)38-27/h4-12,23,32H,1-3H3/b24-22+. The smallest absolute Gasteiger partial charge is 0.301 e. The number of hydrogen-bond donors (Lipinski definition) is 1. The van der Waals surface area contributed by atoms with Crippen LogP contribution in [-0.2, 0) is 9.59 Å². The van der Waals surface area contributed by atoms with Crippen LogP contribution >= 0.6 is 22.9 Å². The normalized spacial score (nSPS) is 16.8. The van der Waals surface area contributed by atoms with Crippen molar-refractivity contribution < 1.29 is 33.3 Å².